The Balaban J connectivity index is 1.93. The zero-order chi connectivity index (χ0) is 19.7. The molecule has 0 bridgehead atoms. The zero-order valence-electron chi connectivity index (χ0n) is 15.0. The van der Waals surface area contributed by atoms with Gasteiger partial charge in [-0.3, -0.25) is 14.5 Å². The first-order chi connectivity index (χ1) is 13.6. The van der Waals surface area contributed by atoms with Crippen LogP contribution in [0, 0.1) is 11.6 Å². The van der Waals surface area contributed by atoms with Crippen LogP contribution in [0.4, 0.5) is 8.78 Å². The van der Waals surface area contributed by atoms with E-state index < -0.39 is 11.6 Å². The average Bonchev–Trinajstić information content (AvgIpc) is 3.01. The van der Waals surface area contributed by atoms with Crippen LogP contribution in [0.15, 0.2) is 66.7 Å². The van der Waals surface area contributed by atoms with Gasteiger partial charge in [0.05, 0.1) is 6.54 Å². The molecule has 3 aromatic carbocycles. The lowest BCUT2D eigenvalue weighted by Crippen LogP contribution is -2.28. The molecule has 0 atom stereocenters. The van der Waals surface area contributed by atoms with Crippen molar-refractivity contribution in [3.05, 3.63) is 83.9 Å². The lowest BCUT2D eigenvalue weighted by atomic mass is 9.89. The summed E-state index contributed by atoms with van der Waals surface area (Å²) in [4.78, 5) is 25.4. The Morgan fingerprint density at radius 3 is 1.82 bits per heavy atom. The number of benzene rings is 3. The summed E-state index contributed by atoms with van der Waals surface area (Å²) < 4.78 is 29.2. The Kier molecular flexibility index (Phi) is 4.74. The van der Waals surface area contributed by atoms with Gasteiger partial charge in [-0.05, 0) is 28.8 Å². The molecule has 1 heterocycles. The fourth-order valence-corrected chi connectivity index (χ4v) is 3.59. The molecule has 0 aromatic heterocycles. The van der Waals surface area contributed by atoms with Crippen molar-refractivity contribution >= 4 is 11.8 Å². The topological polar surface area (TPSA) is 37.4 Å². The quantitative estimate of drug-likeness (QED) is 0.604. The molecule has 1 aliphatic heterocycles. The lowest BCUT2D eigenvalue weighted by Gasteiger charge is -2.20. The molecule has 3 aromatic rings. The van der Waals surface area contributed by atoms with Gasteiger partial charge in [0, 0.05) is 24.0 Å². The van der Waals surface area contributed by atoms with Gasteiger partial charge in [0.1, 0.15) is 11.6 Å². The third-order valence-corrected chi connectivity index (χ3v) is 4.94. The van der Waals surface area contributed by atoms with Crippen LogP contribution in [-0.4, -0.2) is 16.7 Å². The van der Waals surface area contributed by atoms with Gasteiger partial charge in [-0.1, -0.05) is 54.6 Å². The van der Waals surface area contributed by atoms with Crippen molar-refractivity contribution in [1.29, 1.82) is 0 Å². The Morgan fingerprint density at radius 2 is 1.21 bits per heavy atom. The van der Waals surface area contributed by atoms with Crippen LogP contribution in [0.5, 0.6) is 0 Å². The summed E-state index contributed by atoms with van der Waals surface area (Å²) in [6.07, 6.45) is 0.363. The minimum absolute atomic E-state index is 0.0314. The maximum absolute atomic E-state index is 14.7. The maximum Gasteiger partial charge on any atom is 0.229 e. The van der Waals surface area contributed by atoms with E-state index in [2.05, 4.69) is 0 Å². The zero-order valence-corrected chi connectivity index (χ0v) is 15.0. The summed E-state index contributed by atoms with van der Waals surface area (Å²) in [7, 11) is 0. The van der Waals surface area contributed by atoms with Gasteiger partial charge < -0.3 is 0 Å². The van der Waals surface area contributed by atoms with Gasteiger partial charge in [-0.25, -0.2) is 8.78 Å². The Hall–Kier alpha value is -3.34. The summed E-state index contributed by atoms with van der Waals surface area (Å²) in [5, 5.41) is 0. The molecule has 0 N–H and O–H groups in total. The van der Waals surface area contributed by atoms with Gasteiger partial charge in [0.15, 0.2) is 0 Å². The maximum atomic E-state index is 14.7. The van der Waals surface area contributed by atoms with E-state index in [0.29, 0.717) is 27.8 Å². The highest BCUT2D eigenvalue weighted by Crippen LogP contribution is 2.38. The molecule has 4 rings (SSSR count). The van der Waals surface area contributed by atoms with Gasteiger partial charge in [-0.2, -0.15) is 0 Å². The molecule has 140 valence electrons. The lowest BCUT2D eigenvalue weighted by molar-refractivity contribution is -0.139. The van der Waals surface area contributed by atoms with Crippen molar-refractivity contribution in [2.24, 2.45) is 0 Å². The van der Waals surface area contributed by atoms with Crippen molar-refractivity contribution < 1.29 is 18.4 Å². The minimum atomic E-state index is -0.452. The SMILES string of the molecule is O=C1CCC(=O)N1Cc1cccc(-c2ccccc2F)c1-c1ccccc1F. The fraction of sp³-hybridized carbons (Fsp3) is 0.130. The summed E-state index contributed by atoms with van der Waals surface area (Å²) in [5.41, 5.74) is 2.23. The second kappa shape index (κ2) is 7.35. The number of carbonyl (C=O) groups is 2. The molecule has 0 radical (unpaired) electrons. The van der Waals surface area contributed by atoms with E-state index in [0.717, 1.165) is 0 Å². The van der Waals surface area contributed by atoms with Crippen molar-refractivity contribution in [2.75, 3.05) is 0 Å². The van der Waals surface area contributed by atoms with Crippen LogP contribution in [-0.2, 0) is 16.1 Å². The summed E-state index contributed by atoms with van der Waals surface area (Å²) in [5.74, 6) is -1.38. The van der Waals surface area contributed by atoms with Crippen LogP contribution in [0.3, 0.4) is 0 Å². The van der Waals surface area contributed by atoms with Crippen LogP contribution < -0.4 is 0 Å². The number of imide groups is 1. The normalized spacial score (nSPS) is 14.0. The van der Waals surface area contributed by atoms with Gasteiger partial charge in [0.25, 0.3) is 0 Å². The van der Waals surface area contributed by atoms with Crippen LogP contribution in [0.2, 0.25) is 0 Å². The van der Waals surface area contributed by atoms with Crippen molar-refractivity contribution in [1.82, 2.24) is 4.90 Å². The highest BCUT2D eigenvalue weighted by Gasteiger charge is 2.30. The molecule has 0 spiro atoms. The van der Waals surface area contributed by atoms with E-state index in [9.17, 15) is 18.4 Å². The second-order valence-electron chi connectivity index (χ2n) is 6.67. The molecule has 0 unspecified atom stereocenters. The first-order valence-electron chi connectivity index (χ1n) is 9.01. The number of nitrogens with zero attached hydrogens (tertiary/aromatic N) is 1. The first-order valence-corrected chi connectivity index (χ1v) is 9.01. The largest absolute Gasteiger partial charge is 0.278 e. The molecule has 0 saturated carbocycles. The van der Waals surface area contributed by atoms with E-state index in [1.807, 2.05) is 0 Å². The second-order valence-corrected chi connectivity index (χ2v) is 6.67. The highest BCUT2D eigenvalue weighted by atomic mass is 19.1. The number of halogens is 2. The third kappa shape index (κ3) is 3.20. The molecular weight excluding hydrogens is 360 g/mol. The summed E-state index contributed by atoms with van der Waals surface area (Å²) in [6.45, 7) is 0.0314. The molecule has 1 fully saturated rings. The average molecular weight is 377 g/mol. The van der Waals surface area contributed by atoms with E-state index in [4.69, 9.17) is 0 Å². The molecule has 28 heavy (non-hydrogen) atoms. The smallest absolute Gasteiger partial charge is 0.229 e. The Morgan fingerprint density at radius 1 is 0.679 bits per heavy atom. The number of amides is 2. The van der Waals surface area contributed by atoms with E-state index in [1.165, 1.54) is 17.0 Å². The van der Waals surface area contributed by atoms with Gasteiger partial charge in [0.2, 0.25) is 11.8 Å². The monoisotopic (exact) mass is 377 g/mol. The summed E-state index contributed by atoms with van der Waals surface area (Å²) >= 11 is 0. The van der Waals surface area contributed by atoms with Crippen molar-refractivity contribution in [3.63, 3.8) is 0 Å². The molecule has 1 saturated heterocycles. The van der Waals surface area contributed by atoms with Crippen molar-refractivity contribution in [2.45, 2.75) is 19.4 Å². The number of rotatable bonds is 4. The van der Waals surface area contributed by atoms with E-state index in [1.54, 1.807) is 54.6 Å². The fourth-order valence-electron chi connectivity index (χ4n) is 3.59. The molecule has 3 nitrogen and oxygen atoms in total. The highest BCUT2D eigenvalue weighted by molar-refractivity contribution is 6.02. The predicted octanol–water partition coefficient (Wildman–Crippen LogP) is 4.95. The molecule has 1 aliphatic rings. The Labute approximate surface area is 161 Å². The third-order valence-electron chi connectivity index (χ3n) is 4.94. The van der Waals surface area contributed by atoms with Gasteiger partial charge in [-0.15, -0.1) is 0 Å². The molecular formula is C23H17F2NO2. The predicted molar refractivity (Wildman–Crippen MR) is 102 cm³/mol. The standard InChI is InChI=1S/C23H17F2NO2/c24-19-10-3-1-7-16(19)17-9-5-6-15(14-26-21(27)12-13-22(26)28)23(17)18-8-2-4-11-20(18)25/h1-11H,12-14H2. The first kappa shape index (κ1) is 18.0. The van der Waals surface area contributed by atoms with Crippen LogP contribution in [0.25, 0.3) is 22.3 Å². The number of likely N-dealkylation sites (tertiary alicyclic amines) is 1. The van der Waals surface area contributed by atoms with Crippen LogP contribution >= 0.6 is 0 Å². The molecule has 5 heteroatoms. The molecule has 2 amide bonds. The summed E-state index contributed by atoms with van der Waals surface area (Å²) in [6, 6.07) is 17.7. The van der Waals surface area contributed by atoms with Crippen molar-refractivity contribution in [3.8, 4) is 22.3 Å². The molecule has 0 aliphatic carbocycles. The van der Waals surface area contributed by atoms with E-state index in [-0.39, 0.29) is 31.2 Å². The van der Waals surface area contributed by atoms with E-state index >= 15 is 0 Å². The number of hydrogen-bond donors (Lipinski definition) is 0. The minimum Gasteiger partial charge on any atom is -0.278 e. The van der Waals surface area contributed by atoms with Gasteiger partial charge >= 0.3 is 0 Å². The van der Waals surface area contributed by atoms with Crippen LogP contribution in [0.1, 0.15) is 18.4 Å². The number of carbonyl (C=O) groups excluding carboxylic acids is 2. The Bertz CT molecular complexity index is 1060. The number of hydrogen-bond acceptors (Lipinski definition) is 2.